The number of nitrogen functional groups attached to an aromatic ring is 1. The second-order valence-corrected chi connectivity index (χ2v) is 2.70. The van der Waals surface area contributed by atoms with E-state index < -0.39 is 5.97 Å². The third kappa shape index (κ3) is 1.85. The zero-order valence-electron chi connectivity index (χ0n) is 7.67. The number of nitrogens with one attached hydrogen (secondary N) is 1. The van der Waals surface area contributed by atoms with Crippen LogP contribution in [0.4, 0.5) is 11.6 Å². The number of rotatable bonds is 2. The summed E-state index contributed by atoms with van der Waals surface area (Å²) in [5.74, 6) is -0.373. The molecule has 0 spiro atoms. The summed E-state index contributed by atoms with van der Waals surface area (Å²) in [4.78, 5) is 18.7. The maximum atomic E-state index is 11.1. The van der Waals surface area contributed by atoms with E-state index in [0.717, 1.165) is 0 Å². The highest BCUT2D eigenvalue weighted by atomic mass is 35.5. The number of aromatic nitrogens is 2. The van der Waals surface area contributed by atoms with E-state index in [4.69, 9.17) is 17.3 Å². The summed E-state index contributed by atoms with van der Waals surface area (Å²) in [6.07, 6.45) is 0. The Hall–Kier alpha value is -1.56. The number of methoxy groups -OCH3 is 1. The molecular weight excluding hydrogens is 208 g/mol. The van der Waals surface area contributed by atoms with Crippen LogP contribution in [0.2, 0.25) is 5.15 Å². The van der Waals surface area contributed by atoms with Gasteiger partial charge in [0, 0.05) is 7.05 Å². The molecule has 1 heterocycles. The number of esters is 1. The minimum Gasteiger partial charge on any atom is -0.464 e. The van der Waals surface area contributed by atoms with Gasteiger partial charge >= 0.3 is 5.97 Å². The number of carbonyl (C=O) groups excluding carboxylic acids is 1. The quantitative estimate of drug-likeness (QED) is 0.702. The minimum absolute atomic E-state index is 0.0226. The van der Waals surface area contributed by atoms with Crippen molar-refractivity contribution in [3.8, 4) is 0 Å². The molecule has 0 aliphatic carbocycles. The Morgan fingerprint density at radius 2 is 2.21 bits per heavy atom. The molecule has 0 aliphatic rings. The third-order valence-corrected chi connectivity index (χ3v) is 1.76. The van der Waals surface area contributed by atoms with Crippen molar-refractivity contribution in [1.82, 2.24) is 9.97 Å². The summed E-state index contributed by atoms with van der Waals surface area (Å²) in [5.41, 5.74) is 5.38. The van der Waals surface area contributed by atoms with Gasteiger partial charge < -0.3 is 15.8 Å². The number of hydrogen-bond donors (Lipinski definition) is 2. The van der Waals surface area contributed by atoms with Crippen LogP contribution in [0.15, 0.2) is 0 Å². The molecule has 7 heteroatoms. The lowest BCUT2D eigenvalue weighted by Gasteiger charge is -2.06. The molecule has 76 valence electrons. The van der Waals surface area contributed by atoms with Gasteiger partial charge in [0.15, 0.2) is 22.5 Å². The summed E-state index contributed by atoms with van der Waals surface area (Å²) in [6.45, 7) is 0. The molecule has 0 amide bonds. The van der Waals surface area contributed by atoms with Crippen molar-refractivity contribution in [2.45, 2.75) is 0 Å². The zero-order chi connectivity index (χ0) is 10.7. The van der Waals surface area contributed by atoms with Crippen LogP contribution in [-0.2, 0) is 4.74 Å². The van der Waals surface area contributed by atoms with E-state index in [1.807, 2.05) is 0 Å². The lowest BCUT2D eigenvalue weighted by Crippen LogP contribution is -2.11. The van der Waals surface area contributed by atoms with E-state index in [-0.39, 0.29) is 16.7 Å². The van der Waals surface area contributed by atoms with Crippen molar-refractivity contribution in [1.29, 1.82) is 0 Å². The van der Waals surface area contributed by atoms with E-state index in [1.54, 1.807) is 7.05 Å². The average Bonchev–Trinajstić information content (AvgIpc) is 2.19. The van der Waals surface area contributed by atoms with Gasteiger partial charge in [-0.15, -0.1) is 0 Å². The summed E-state index contributed by atoms with van der Waals surface area (Å²) in [7, 11) is 2.84. The number of ether oxygens (including phenoxy) is 1. The maximum absolute atomic E-state index is 11.1. The van der Waals surface area contributed by atoms with Gasteiger partial charge in [0.05, 0.1) is 7.11 Å². The van der Waals surface area contributed by atoms with E-state index in [9.17, 15) is 4.79 Å². The maximum Gasteiger partial charge on any atom is 0.360 e. The first-order chi connectivity index (χ1) is 6.60. The van der Waals surface area contributed by atoms with Crippen LogP contribution in [-0.4, -0.2) is 30.1 Å². The molecule has 0 saturated carbocycles. The molecule has 0 aliphatic heterocycles. The smallest absolute Gasteiger partial charge is 0.360 e. The van der Waals surface area contributed by atoms with E-state index >= 15 is 0 Å². The molecule has 6 nitrogen and oxygen atoms in total. The second kappa shape index (κ2) is 4.10. The zero-order valence-corrected chi connectivity index (χ0v) is 8.42. The molecule has 1 aromatic heterocycles. The average molecular weight is 217 g/mol. The summed E-state index contributed by atoms with van der Waals surface area (Å²) in [6, 6.07) is 0. The van der Waals surface area contributed by atoms with Crippen molar-refractivity contribution in [2.24, 2.45) is 0 Å². The Morgan fingerprint density at radius 3 is 2.71 bits per heavy atom. The van der Waals surface area contributed by atoms with Gasteiger partial charge in [-0.05, 0) is 0 Å². The lowest BCUT2D eigenvalue weighted by atomic mass is 10.4. The van der Waals surface area contributed by atoms with Gasteiger partial charge in [-0.25, -0.2) is 14.8 Å². The van der Waals surface area contributed by atoms with E-state index in [2.05, 4.69) is 20.0 Å². The topological polar surface area (TPSA) is 90.1 Å². The van der Waals surface area contributed by atoms with Gasteiger partial charge in [0.25, 0.3) is 0 Å². The van der Waals surface area contributed by atoms with Crippen molar-refractivity contribution < 1.29 is 9.53 Å². The van der Waals surface area contributed by atoms with Crippen molar-refractivity contribution in [3.63, 3.8) is 0 Å². The number of carbonyl (C=O) groups is 1. The highest BCUT2D eigenvalue weighted by Gasteiger charge is 2.16. The van der Waals surface area contributed by atoms with Gasteiger partial charge in [0.1, 0.15) is 0 Å². The van der Waals surface area contributed by atoms with Crippen LogP contribution >= 0.6 is 11.6 Å². The van der Waals surface area contributed by atoms with Gasteiger partial charge in [-0.2, -0.15) is 0 Å². The van der Waals surface area contributed by atoms with Crippen LogP contribution < -0.4 is 11.1 Å². The number of hydrogen-bond acceptors (Lipinski definition) is 6. The Bertz CT molecular complexity index is 369. The van der Waals surface area contributed by atoms with Crippen LogP contribution in [0.3, 0.4) is 0 Å². The molecule has 14 heavy (non-hydrogen) atoms. The number of halogens is 1. The normalized spacial score (nSPS) is 9.64. The largest absolute Gasteiger partial charge is 0.464 e. The van der Waals surface area contributed by atoms with E-state index in [0.29, 0.717) is 5.82 Å². The van der Waals surface area contributed by atoms with Gasteiger partial charge in [0.2, 0.25) is 0 Å². The highest BCUT2D eigenvalue weighted by molar-refractivity contribution is 6.31. The van der Waals surface area contributed by atoms with Crippen LogP contribution in [0.5, 0.6) is 0 Å². The van der Waals surface area contributed by atoms with Crippen LogP contribution in [0.1, 0.15) is 10.5 Å². The van der Waals surface area contributed by atoms with Gasteiger partial charge in [-0.3, -0.25) is 0 Å². The van der Waals surface area contributed by atoms with Crippen molar-refractivity contribution in [3.05, 3.63) is 10.8 Å². The lowest BCUT2D eigenvalue weighted by molar-refractivity contribution is 0.0595. The summed E-state index contributed by atoms with van der Waals surface area (Å²) >= 11 is 5.70. The van der Waals surface area contributed by atoms with Gasteiger partial charge in [-0.1, -0.05) is 11.6 Å². The van der Waals surface area contributed by atoms with Crippen molar-refractivity contribution in [2.75, 3.05) is 25.2 Å². The number of nitrogens with two attached hydrogens (primary N) is 1. The molecule has 1 rings (SSSR count). The Balaban J connectivity index is 3.21. The molecule has 0 radical (unpaired) electrons. The highest BCUT2D eigenvalue weighted by Crippen LogP contribution is 2.19. The van der Waals surface area contributed by atoms with Crippen molar-refractivity contribution >= 4 is 29.2 Å². The second-order valence-electron chi connectivity index (χ2n) is 2.34. The number of nitrogens with zero attached hydrogens (tertiary/aromatic N) is 2. The fraction of sp³-hybridized carbons (Fsp3) is 0.286. The fourth-order valence-corrected chi connectivity index (χ4v) is 1.06. The summed E-state index contributed by atoms with van der Waals surface area (Å²) in [5, 5.41) is 2.75. The SMILES string of the molecule is CNc1nc(N)c(C(=O)OC)nc1Cl. The van der Waals surface area contributed by atoms with Crippen LogP contribution in [0, 0.1) is 0 Å². The first-order valence-electron chi connectivity index (χ1n) is 3.69. The minimum atomic E-state index is -0.667. The molecule has 0 saturated heterocycles. The first-order valence-corrected chi connectivity index (χ1v) is 4.07. The molecule has 3 N–H and O–H groups in total. The predicted molar refractivity (Wildman–Crippen MR) is 52.3 cm³/mol. The third-order valence-electron chi connectivity index (χ3n) is 1.50. The molecule has 0 bridgehead atoms. The monoisotopic (exact) mass is 216 g/mol. The standard InChI is InChI=1S/C7H9ClN4O2/c1-10-6-4(8)11-3(5(9)12-6)7(13)14-2/h1-2H3,(H3,9,10,12). The molecular formula is C7H9ClN4O2. The molecule has 1 aromatic rings. The Labute approximate surface area is 85.4 Å². The van der Waals surface area contributed by atoms with Crippen LogP contribution in [0.25, 0.3) is 0 Å². The first kappa shape index (κ1) is 10.5. The fourth-order valence-electron chi connectivity index (χ4n) is 0.834. The molecule has 0 fully saturated rings. The summed E-state index contributed by atoms with van der Waals surface area (Å²) < 4.78 is 4.45. The predicted octanol–water partition coefficient (Wildman–Crippen LogP) is 0.541. The van der Waals surface area contributed by atoms with E-state index in [1.165, 1.54) is 7.11 Å². The number of anilines is 2. The Kier molecular flexibility index (Phi) is 3.08. The molecule has 0 unspecified atom stereocenters. The molecule has 0 aromatic carbocycles. The molecule has 0 atom stereocenters. The Morgan fingerprint density at radius 1 is 1.57 bits per heavy atom.